The maximum Gasteiger partial charge on any atom is 0.355 e. The van der Waals surface area contributed by atoms with Crippen molar-refractivity contribution in [2.75, 3.05) is 12.9 Å². The molecule has 0 radical (unpaired) electrons. The molecule has 0 N–H and O–H groups in total. The molecular formula is C22H20BrN3O6S2. The van der Waals surface area contributed by atoms with Crippen LogP contribution in [-0.2, 0) is 37.0 Å². The Morgan fingerprint density at radius 2 is 2.09 bits per heavy atom. The molecule has 0 spiro atoms. The zero-order valence-electron chi connectivity index (χ0n) is 18.2. The molecular weight excluding hydrogens is 546 g/mol. The zero-order chi connectivity index (χ0) is 24.0. The molecule has 178 valence electrons. The molecule has 1 amide bonds. The predicted molar refractivity (Wildman–Crippen MR) is 128 cm³/mol. The number of carbonyl (C=O) groups excluding carboxylic acids is 3. The van der Waals surface area contributed by atoms with Gasteiger partial charge in [0.25, 0.3) is 5.91 Å². The number of fused-ring (bicyclic) bond motifs is 2. The van der Waals surface area contributed by atoms with Gasteiger partial charge in [0.2, 0.25) is 0 Å². The third kappa shape index (κ3) is 3.81. The third-order valence-electron chi connectivity index (χ3n) is 5.70. The van der Waals surface area contributed by atoms with Crippen molar-refractivity contribution in [3.8, 4) is 5.75 Å². The highest BCUT2D eigenvalue weighted by molar-refractivity contribution is 9.10. The van der Waals surface area contributed by atoms with Crippen molar-refractivity contribution in [1.29, 1.82) is 0 Å². The van der Waals surface area contributed by atoms with E-state index in [0.717, 1.165) is 23.0 Å². The molecule has 1 fully saturated rings. The molecule has 0 saturated carbocycles. The normalized spacial score (nSPS) is 23.5. The fourth-order valence-corrected chi connectivity index (χ4v) is 7.23. The summed E-state index contributed by atoms with van der Waals surface area (Å²) in [7, 11) is 1.58. The number of nitrogens with zero attached hydrogens (tertiary/aromatic N) is 3. The maximum absolute atomic E-state index is 13.4. The SMILES string of the molecule is COc1ccc(COC(=O)C2=CS[C@H]3N2C(=O)C3(Br)C(OC(C)=O)c2cn3c(n2)SCC3)cc1. The number of methoxy groups -OCH3 is 1. The van der Waals surface area contributed by atoms with Crippen LogP contribution in [0.1, 0.15) is 24.3 Å². The van der Waals surface area contributed by atoms with Gasteiger partial charge in [-0.25, -0.2) is 9.78 Å². The van der Waals surface area contributed by atoms with Crippen LogP contribution in [0.4, 0.5) is 0 Å². The number of carbonyl (C=O) groups is 3. The molecule has 3 aliphatic rings. The lowest BCUT2D eigenvalue weighted by atomic mass is 9.89. The molecule has 9 nitrogen and oxygen atoms in total. The summed E-state index contributed by atoms with van der Waals surface area (Å²) in [6, 6.07) is 7.16. The Balaban J connectivity index is 1.31. The number of ether oxygens (including phenoxy) is 3. The predicted octanol–water partition coefficient (Wildman–Crippen LogP) is 3.24. The highest BCUT2D eigenvalue weighted by Crippen LogP contribution is 2.58. The topological polar surface area (TPSA) is 100.0 Å². The fraction of sp³-hybridized carbons (Fsp3) is 0.364. The lowest BCUT2D eigenvalue weighted by Gasteiger charge is -2.51. The van der Waals surface area contributed by atoms with Crippen molar-refractivity contribution in [3.05, 3.63) is 52.8 Å². The Bertz CT molecular complexity index is 1180. The largest absolute Gasteiger partial charge is 0.497 e. The van der Waals surface area contributed by atoms with E-state index in [1.54, 1.807) is 48.5 Å². The number of β-lactam (4-membered cyclic amide) rings is 1. The van der Waals surface area contributed by atoms with Crippen LogP contribution < -0.4 is 4.74 Å². The van der Waals surface area contributed by atoms with Crippen LogP contribution >= 0.6 is 39.5 Å². The third-order valence-corrected chi connectivity index (χ3v) is 9.36. The van der Waals surface area contributed by atoms with Crippen LogP contribution in [0.2, 0.25) is 0 Å². The van der Waals surface area contributed by atoms with Gasteiger partial charge in [-0.3, -0.25) is 14.5 Å². The molecule has 3 atom stereocenters. The molecule has 0 bridgehead atoms. The smallest absolute Gasteiger partial charge is 0.355 e. The number of esters is 2. The van der Waals surface area contributed by atoms with Gasteiger partial charge in [-0.1, -0.05) is 39.8 Å². The molecule has 2 aromatic rings. The number of aryl methyl sites for hydroxylation is 1. The Hall–Kier alpha value is -2.44. The average molecular weight is 566 g/mol. The van der Waals surface area contributed by atoms with Crippen LogP contribution in [0.15, 0.2) is 46.7 Å². The number of amides is 1. The summed E-state index contributed by atoms with van der Waals surface area (Å²) in [6.45, 7) is 2.16. The number of halogens is 1. The molecule has 5 rings (SSSR count). The fourth-order valence-electron chi connectivity index (χ4n) is 4.02. The molecule has 1 saturated heterocycles. The van der Waals surface area contributed by atoms with E-state index >= 15 is 0 Å². The van der Waals surface area contributed by atoms with Gasteiger partial charge in [-0.05, 0) is 17.7 Å². The minimum absolute atomic E-state index is 0.0605. The first-order chi connectivity index (χ1) is 16.3. The monoisotopic (exact) mass is 565 g/mol. The summed E-state index contributed by atoms with van der Waals surface area (Å²) in [5, 5.41) is 1.94. The first-order valence-electron chi connectivity index (χ1n) is 10.4. The van der Waals surface area contributed by atoms with E-state index in [0.29, 0.717) is 11.4 Å². The van der Waals surface area contributed by atoms with Crippen LogP contribution in [0.3, 0.4) is 0 Å². The van der Waals surface area contributed by atoms with Crippen molar-refractivity contribution in [3.63, 3.8) is 0 Å². The van der Waals surface area contributed by atoms with Crippen molar-refractivity contribution in [2.24, 2.45) is 0 Å². The molecule has 3 aliphatic heterocycles. The van der Waals surface area contributed by atoms with Gasteiger partial charge in [0.1, 0.15) is 29.1 Å². The van der Waals surface area contributed by atoms with E-state index in [9.17, 15) is 14.4 Å². The van der Waals surface area contributed by atoms with E-state index in [1.165, 1.54) is 23.6 Å². The molecule has 1 aromatic carbocycles. The van der Waals surface area contributed by atoms with E-state index in [2.05, 4.69) is 20.9 Å². The average Bonchev–Trinajstić information content (AvgIpc) is 3.54. The molecule has 34 heavy (non-hydrogen) atoms. The van der Waals surface area contributed by atoms with Gasteiger partial charge in [0.15, 0.2) is 15.6 Å². The highest BCUT2D eigenvalue weighted by Gasteiger charge is 2.69. The van der Waals surface area contributed by atoms with Crippen molar-refractivity contribution in [2.45, 2.75) is 41.0 Å². The first kappa shape index (κ1) is 23.3. The summed E-state index contributed by atoms with van der Waals surface area (Å²) < 4.78 is 16.9. The molecule has 2 unspecified atom stereocenters. The Kier molecular flexibility index (Phi) is 6.15. The highest BCUT2D eigenvalue weighted by atomic mass is 79.9. The van der Waals surface area contributed by atoms with Crippen LogP contribution in [0.25, 0.3) is 0 Å². The van der Waals surface area contributed by atoms with Crippen molar-refractivity contribution < 1.29 is 28.6 Å². The van der Waals surface area contributed by atoms with Gasteiger partial charge in [-0.2, -0.15) is 0 Å². The number of hydrogen-bond acceptors (Lipinski definition) is 9. The number of benzene rings is 1. The van der Waals surface area contributed by atoms with Gasteiger partial charge >= 0.3 is 11.9 Å². The number of alkyl halides is 1. The summed E-state index contributed by atoms with van der Waals surface area (Å²) in [5.74, 6) is 0.122. The number of hydrogen-bond donors (Lipinski definition) is 0. The lowest BCUT2D eigenvalue weighted by Crippen LogP contribution is -2.70. The van der Waals surface area contributed by atoms with Crippen molar-refractivity contribution >= 4 is 57.3 Å². The van der Waals surface area contributed by atoms with Gasteiger partial charge in [-0.15, -0.1) is 11.8 Å². The minimum atomic E-state index is -1.25. The summed E-state index contributed by atoms with van der Waals surface area (Å²) in [5.41, 5.74) is 1.45. The Morgan fingerprint density at radius 3 is 2.76 bits per heavy atom. The number of thioether (sulfide) groups is 2. The van der Waals surface area contributed by atoms with Crippen LogP contribution in [-0.4, -0.2) is 54.9 Å². The first-order valence-corrected chi connectivity index (χ1v) is 13.1. The summed E-state index contributed by atoms with van der Waals surface area (Å²) in [4.78, 5) is 44.0. The standard InChI is InChI=1S/C22H20BrN3O6S2/c1-12(27)32-17(15-9-25-7-8-33-21(25)24-15)22(23)19(29)26-16(11-34-20(22)26)18(28)31-10-13-3-5-14(30-2)6-4-13/h3-6,9,11,17,20H,7-8,10H2,1-2H3/t17?,20-,22?/m1/s1. The second-order valence-corrected chi connectivity index (χ2v) is 11.2. The van der Waals surface area contributed by atoms with E-state index in [-0.39, 0.29) is 18.2 Å². The summed E-state index contributed by atoms with van der Waals surface area (Å²) >= 11 is 6.47. The van der Waals surface area contributed by atoms with Crippen molar-refractivity contribution in [1.82, 2.24) is 14.5 Å². The van der Waals surface area contributed by atoms with Gasteiger partial charge < -0.3 is 18.8 Å². The Labute approximate surface area is 212 Å². The number of imidazole rings is 1. The summed E-state index contributed by atoms with van der Waals surface area (Å²) in [6.07, 6.45) is 0.881. The van der Waals surface area contributed by atoms with Crippen LogP contribution in [0, 0.1) is 0 Å². The lowest BCUT2D eigenvalue weighted by molar-refractivity contribution is -0.163. The molecule has 12 heteroatoms. The molecule has 4 heterocycles. The van der Waals surface area contributed by atoms with Gasteiger partial charge in [0, 0.05) is 30.8 Å². The minimum Gasteiger partial charge on any atom is -0.497 e. The maximum atomic E-state index is 13.4. The van der Waals surface area contributed by atoms with E-state index in [4.69, 9.17) is 14.2 Å². The zero-order valence-corrected chi connectivity index (χ0v) is 21.4. The number of rotatable bonds is 7. The number of aromatic nitrogens is 2. The Morgan fingerprint density at radius 1 is 1.32 bits per heavy atom. The quantitative estimate of drug-likeness (QED) is 0.284. The second kappa shape index (κ2) is 8.97. The van der Waals surface area contributed by atoms with Gasteiger partial charge in [0.05, 0.1) is 7.11 Å². The van der Waals surface area contributed by atoms with Crippen LogP contribution in [0.5, 0.6) is 5.75 Å². The second-order valence-electron chi connectivity index (χ2n) is 7.84. The molecule has 0 aliphatic carbocycles. The molecule has 1 aromatic heterocycles. The van der Waals surface area contributed by atoms with E-state index in [1.807, 2.05) is 10.8 Å². The van der Waals surface area contributed by atoms with E-state index < -0.39 is 27.7 Å².